The lowest BCUT2D eigenvalue weighted by Gasteiger charge is -2.19. The molecule has 0 aliphatic carbocycles. The molecule has 1 aliphatic heterocycles. The molecule has 2 N–H and O–H groups in total. The average Bonchev–Trinajstić information content (AvgIpc) is 2.67. The molecule has 146 valence electrons. The van der Waals surface area contributed by atoms with E-state index in [1.54, 1.807) is 32.3 Å². The molecule has 28 heavy (non-hydrogen) atoms. The highest BCUT2D eigenvalue weighted by Crippen LogP contribution is 2.29. The summed E-state index contributed by atoms with van der Waals surface area (Å²) in [6.45, 7) is -0.226. The normalized spacial score (nSPS) is 12.6. The molecule has 1 heterocycles. The summed E-state index contributed by atoms with van der Waals surface area (Å²) in [5, 5.41) is 5.17. The Labute approximate surface area is 161 Å². The molecule has 1 aliphatic rings. The zero-order chi connectivity index (χ0) is 20.3. The molecule has 3 amide bonds. The van der Waals surface area contributed by atoms with E-state index in [9.17, 15) is 18.8 Å². The van der Waals surface area contributed by atoms with Gasteiger partial charge in [-0.3, -0.25) is 14.4 Å². The number of para-hydroxylation sites is 1. The van der Waals surface area contributed by atoms with Gasteiger partial charge in [0.1, 0.15) is 11.6 Å². The van der Waals surface area contributed by atoms with E-state index >= 15 is 0 Å². The number of likely N-dealkylation sites (N-methyl/N-ethyl adjacent to an activating group) is 1. The van der Waals surface area contributed by atoms with Gasteiger partial charge in [-0.15, -0.1) is 0 Å². The van der Waals surface area contributed by atoms with Gasteiger partial charge in [-0.05, 0) is 36.2 Å². The maximum atomic E-state index is 14.4. The van der Waals surface area contributed by atoms with E-state index in [-0.39, 0.29) is 35.4 Å². The fourth-order valence-corrected chi connectivity index (χ4v) is 2.73. The molecule has 3 rings (SSSR count). The summed E-state index contributed by atoms with van der Waals surface area (Å²) in [7, 11) is 3.20. The Balaban J connectivity index is 1.79. The van der Waals surface area contributed by atoms with Crippen molar-refractivity contribution in [1.82, 2.24) is 4.90 Å². The Kier molecular flexibility index (Phi) is 5.58. The number of anilines is 2. The highest BCUT2D eigenvalue weighted by Gasteiger charge is 2.20. The van der Waals surface area contributed by atoms with Crippen LogP contribution in [-0.4, -0.2) is 43.3 Å². The van der Waals surface area contributed by atoms with Crippen LogP contribution in [0, 0.1) is 5.82 Å². The average molecular weight is 385 g/mol. The molecular formula is C20H20FN3O4. The maximum absolute atomic E-state index is 14.4. The molecule has 2 aromatic rings. The third-order valence-electron chi connectivity index (χ3n) is 4.32. The Morgan fingerprint density at radius 2 is 1.96 bits per heavy atom. The Morgan fingerprint density at radius 1 is 1.21 bits per heavy atom. The van der Waals surface area contributed by atoms with Gasteiger partial charge in [0.05, 0.1) is 11.3 Å². The number of carbonyl (C=O) groups is 3. The van der Waals surface area contributed by atoms with Crippen molar-refractivity contribution in [2.75, 3.05) is 31.3 Å². The van der Waals surface area contributed by atoms with Gasteiger partial charge in [0.25, 0.3) is 11.8 Å². The molecule has 7 nitrogen and oxygen atoms in total. The van der Waals surface area contributed by atoms with Crippen LogP contribution in [0.5, 0.6) is 5.75 Å². The third kappa shape index (κ3) is 4.28. The van der Waals surface area contributed by atoms with Crippen molar-refractivity contribution in [3.63, 3.8) is 0 Å². The Hall–Kier alpha value is -3.42. The largest absolute Gasteiger partial charge is 0.483 e. The Bertz CT molecular complexity index is 943. The number of carbonyl (C=O) groups excluding carboxylic acids is 3. The fraction of sp³-hybridized carbons (Fsp3) is 0.250. The van der Waals surface area contributed by atoms with E-state index in [4.69, 9.17) is 4.74 Å². The van der Waals surface area contributed by atoms with Gasteiger partial charge in [0, 0.05) is 26.2 Å². The lowest BCUT2D eigenvalue weighted by atomic mass is 10.0. The Morgan fingerprint density at radius 3 is 2.71 bits per heavy atom. The van der Waals surface area contributed by atoms with Crippen LogP contribution in [0.15, 0.2) is 36.4 Å². The van der Waals surface area contributed by atoms with E-state index in [1.165, 1.54) is 23.1 Å². The smallest absolute Gasteiger partial charge is 0.259 e. The summed E-state index contributed by atoms with van der Waals surface area (Å²) in [4.78, 5) is 37.3. The summed E-state index contributed by atoms with van der Waals surface area (Å²) in [5.74, 6) is -1.38. The lowest BCUT2D eigenvalue weighted by molar-refractivity contribution is -0.130. The molecule has 0 unspecified atom stereocenters. The zero-order valence-corrected chi connectivity index (χ0v) is 15.5. The summed E-state index contributed by atoms with van der Waals surface area (Å²) >= 11 is 0. The van der Waals surface area contributed by atoms with E-state index in [2.05, 4.69) is 10.6 Å². The molecular weight excluding hydrogens is 365 g/mol. The lowest BCUT2D eigenvalue weighted by Crippen LogP contribution is -2.28. The number of fused-ring (bicyclic) bond motifs is 1. The number of nitrogens with zero attached hydrogens (tertiary/aromatic N) is 1. The summed E-state index contributed by atoms with van der Waals surface area (Å²) < 4.78 is 19.8. The van der Waals surface area contributed by atoms with Crippen LogP contribution < -0.4 is 15.4 Å². The van der Waals surface area contributed by atoms with Crippen LogP contribution in [-0.2, 0) is 16.0 Å². The van der Waals surface area contributed by atoms with Gasteiger partial charge < -0.3 is 20.3 Å². The number of rotatable bonds is 5. The van der Waals surface area contributed by atoms with Crippen molar-refractivity contribution in [1.29, 1.82) is 0 Å². The molecule has 0 spiro atoms. The van der Waals surface area contributed by atoms with Crippen LogP contribution >= 0.6 is 0 Å². The number of hydrogen-bond acceptors (Lipinski definition) is 4. The third-order valence-corrected chi connectivity index (χ3v) is 4.32. The van der Waals surface area contributed by atoms with Crippen LogP contribution in [0.3, 0.4) is 0 Å². The number of ether oxygens (including phenoxy) is 1. The minimum atomic E-state index is -0.593. The predicted octanol–water partition coefficient (Wildman–Crippen LogP) is 2.43. The molecule has 2 aromatic carbocycles. The second kappa shape index (κ2) is 8.08. The maximum Gasteiger partial charge on any atom is 0.259 e. The van der Waals surface area contributed by atoms with Gasteiger partial charge >= 0.3 is 0 Å². The van der Waals surface area contributed by atoms with Gasteiger partial charge in [0.15, 0.2) is 6.61 Å². The first-order chi connectivity index (χ1) is 13.3. The highest BCUT2D eigenvalue weighted by atomic mass is 19.1. The SMILES string of the molecule is CN(C)C(=O)COc1ccccc1C(=O)Nc1cc2c(cc1F)CCC(=O)N2. The van der Waals surface area contributed by atoms with Crippen molar-refractivity contribution < 1.29 is 23.5 Å². The van der Waals surface area contributed by atoms with Crippen molar-refractivity contribution in [3.8, 4) is 5.75 Å². The minimum absolute atomic E-state index is 0.0508. The number of amides is 3. The van der Waals surface area contributed by atoms with Crippen molar-refractivity contribution in [2.45, 2.75) is 12.8 Å². The molecule has 0 atom stereocenters. The number of halogens is 1. The van der Waals surface area contributed by atoms with Crippen LogP contribution in [0.4, 0.5) is 15.8 Å². The van der Waals surface area contributed by atoms with Gasteiger partial charge in [0.2, 0.25) is 5.91 Å². The second-order valence-electron chi connectivity index (χ2n) is 6.56. The molecule has 0 saturated carbocycles. The molecule has 0 saturated heterocycles. The second-order valence-corrected chi connectivity index (χ2v) is 6.56. The van der Waals surface area contributed by atoms with E-state index in [0.29, 0.717) is 24.1 Å². The molecule has 0 fully saturated rings. The molecule has 8 heteroatoms. The first kappa shape index (κ1) is 19.3. The van der Waals surface area contributed by atoms with Crippen LogP contribution in [0.25, 0.3) is 0 Å². The van der Waals surface area contributed by atoms with Crippen LogP contribution in [0.2, 0.25) is 0 Å². The monoisotopic (exact) mass is 385 g/mol. The minimum Gasteiger partial charge on any atom is -0.483 e. The fourth-order valence-electron chi connectivity index (χ4n) is 2.73. The van der Waals surface area contributed by atoms with E-state index in [1.807, 2.05) is 0 Å². The number of nitrogens with one attached hydrogen (secondary N) is 2. The van der Waals surface area contributed by atoms with E-state index < -0.39 is 11.7 Å². The predicted molar refractivity (Wildman–Crippen MR) is 102 cm³/mol. The summed E-state index contributed by atoms with van der Waals surface area (Å²) in [6, 6.07) is 9.09. The van der Waals surface area contributed by atoms with Gasteiger partial charge in [-0.2, -0.15) is 0 Å². The first-order valence-corrected chi connectivity index (χ1v) is 8.70. The molecule has 0 aromatic heterocycles. The topological polar surface area (TPSA) is 87.7 Å². The summed E-state index contributed by atoms with van der Waals surface area (Å²) in [6.07, 6.45) is 0.747. The highest BCUT2D eigenvalue weighted by molar-refractivity contribution is 6.07. The van der Waals surface area contributed by atoms with Gasteiger partial charge in [-0.25, -0.2) is 4.39 Å². The van der Waals surface area contributed by atoms with Gasteiger partial charge in [-0.1, -0.05) is 12.1 Å². The zero-order valence-electron chi connectivity index (χ0n) is 15.5. The van der Waals surface area contributed by atoms with Crippen LogP contribution in [0.1, 0.15) is 22.3 Å². The number of benzene rings is 2. The van der Waals surface area contributed by atoms with Crippen molar-refractivity contribution in [2.24, 2.45) is 0 Å². The molecule has 0 bridgehead atoms. The number of aryl methyl sites for hydroxylation is 1. The van der Waals surface area contributed by atoms with Crippen molar-refractivity contribution >= 4 is 29.1 Å². The molecule has 0 radical (unpaired) electrons. The number of hydrogen-bond donors (Lipinski definition) is 2. The summed E-state index contributed by atoms with van der Waals surface area (Å²) in [5.41, 5.74) is 1.27. The quantitative estimate of drug-likeness (QED) is 0.828. The van der Waals surface area contributed by atoms with Crippen molar-refractivity contribution in [3.05, 3.63) is 53.3 Å². The van der Waals surface area contributed by atoms with E-state index in [0.717, 1.165) is 0 Å². The standard InChI is InChI=1S/C20H20FN3O4/c1-24(2)19(26)11-28-17-6-4-3-5-13(17)20(27)23-16-10-15-12(9-14(16)21)7-8-18(25)22-15/h3-6,9-10H,7-8,11H2,1-2H3,(H,22,25)(H,23,27). The first-order valence-electron chi connectivity index (χ1n) is 8.70.